The number of aliphatic hydroxyl groups excluding tert-OH is 2. The third-order valence-corrected chi connectivity index (χ3v) is 5.27. The number of hydrogen-bond acceptors (Lipinski definition) is 6. The van der Waals surface area contributed by atoms with Gasteiger partial charge < -0.3 is 29.2 Å². The van der Waals surface area contributed by atoms with Gasteiger partial charge in [0.1, 0.15) is 24.4 Å². The van der Waals surface area contributed by atoms with Crippen molar-refractivity contribution in [2.45, 2.75) is 37.0 Å². The number of aliphatic hydroxyl groups is 2. The van der Waals surface area contributed by atoms with E-state index in [1.54, 1.807) is 48.5 Å². The molecule has 28 heavy (non-hydrogen) atoms. The van der Waals surface area contributed by atoms with E-state index < -0.39 is 37.0 Å². The second-order valence-electron chi connectivity index (χ2n) is 6.77. The van der Waals surface area contributed by atoms with Gasteiger partial charge in [0.2, 0.25) is 0 Å². The number of ether oxygens (including phenoxy) is 4. The van der Waals surface area contributed by atoms with Crippen LogP contribution in [0, 0.1) is 0 Å². The fourth-order valence-electron chi connectivity index (χ4n) is 3.29. The highest BCUT2D eigenvalue weighted by atomic mass is 35.5. The molecule has 2 aromatic carbocycles. The largest absolute Gasteiger partial charge is 0.388 e. The lowest BCUT2D eigenvalue weighted by molar-refractivity contribution is -0.331. The standard InChI is InChI=1S/C20H20Cl2O6/c21-13-5-1-11(2-6-13)19-25-9-15(23)17(27-19)18-16(24)10-26-20(28-18)12-3-7-14(22)8-4-12/h1-8,15-20,23-24H,9-10H2/t15-,16+,17-,18-,19?,20?/m0/s1. The van der Waals surface area contributed by atoms with E-state index in [4.69, 9.17) is 42.1 Å². The van der Waals surface area contributed by atoms with Crippen molar-refractivity contribution in [3.63, 3.8) is 0 Å². The molecular formula is C20H20Cl2O6. The third-order valence-electron chi connectivity index (χ3n) is 4.76. The van der Waals surface area contributed by atoms with Crippen molar-refractivity contribution >= 4 is 23.2 Å². The summed E-state index contributed by atoms with van der Waals surface area (Å²) in [6.45, 7) is 0.105. The summed E-state index contributed by atoms with van der Waals surface area (Å²) in [6, 6.07) is 14.1. The van der Waals surface area contributed by atoms with Gasteiger partial charge in [0, 0.05) is 21.2 Å². The maximum absolute atomic E-state index is 10.4. The van der Waals surface area contributed by atoms with Crippen LogP contribution >= 0.6 is 23.2 Å². The van der Waals surface area contributed by atoms with Gasteiger partial charge >= 0.3 is 0 Å². The minimum absolute atomic E-state index is 0.0526. The maximum Gasteiger partial charge on any atom is 0.184 e. The molecule has 4 rings (SSSR count). The molecule has 2 fully saturated rings. The number of benzene rings is 2. The second-order valence-corrected chi connectivity index (χ2v) is 7.64. The molecule has 2 saturated heterocycles. The van der Waals surface area contributed by atoms with Crippen molar-refractivity contribution in [1.29, 1.82) is 0 Å². The Morgan fingerprint density at radius 3 is 1.36 bits per heavy atom. The molecule has 150 valence electrons. The molecule has 8 heteroatoms. The molecule has 0 bridgehead atoms. The van der Waals surface area contributed by atoms with Crippen LogP contribution in [0.25, 0.3) is 0 Å². The molecule has 2 unspecified atom stereocenters. The predicted octanol–water partition coefficient (Wildman–Crippen LogP) is 3.24. The molecule has 0 amide bonds. The van der Waals surface area contributed by atoms with Gasteiger partial charge in [-0.25, -0.2) is 0 Å². The minimum Gasteiger partial charge on any atom is -0.388 e. The Hall–Kier alpha value is -1.22. The molecular weight excluding hydrogens is 407 g/mol. The zero-order valence-electron chi connectivity index (χ0n) is 14.8. The van der Waals surface area contributed by atoms with Crippen molar-refractivity contribution in [3.05, 3.63) is 69.7 Å². The van der Waals surface area contributed by atoms with E-state index in [-0.39, 0.29) is 13.2 Å². The highest BCUT2D eigenvalue weighted by molar-refractivity contribution is 6.30. The molecule has 0 saturated carbocycles. The first-order chi connectivity index (χ1) is 13.5. The summed E-state index contributed by atoms with van der Waals surface area (Å²) in [5.74, 6) is 0. The van der Waals surface area contributed by atoms with Crippen LogP contribution in [-0.4, -0.2) is 47.8 Å². The number of hydrogen-bond donors (Lipinski definition) is 2. The summed E-state index contributed by atoms with van der Waals surface area (Å²) in [5.41, 5.74) is 1.52. The van der Waals surface area contributed by atoms with E-state index in [9.17, 15) is 10.2 Å². The van der Waals surface area contributed by atoms with Gasteiger partial charge in [0.15, 0.2) is 12.6 Å². The van der Waals surface area contributed by atoms with Gasteiger partial charge in [0.25, 0.3) is 0 Å². The topological polar surface area (TPSA) is 77.4 Å². The summed E-state index contributed by atoms with van der Waals surface area (Å²) < 4.78 is 23.1. The van der Waals surface area contributed by atoms with Crippen molar-refractivity contribution in [2.75, 3.05) is 13.2 Å². The summed E-state index contributed by atoms with van der Waals surface area (Å²) in [5, 5.41) is 22.0. The Balaban J connectivity index is 1.51. The van der Waals surface area contributed by atoms with Gasteiger partial charge in [-0.3, -0.25) is 0 Å². The van der Waals surface area contributed by atoms with Crippen LogP contribution in [0.5, 0.6) is 0 Å². The fraction of sp³-hybridized carbons (Fsp3) is 0.400. The lowest BCUT2D eigenvalue weighted by Crippen LogP contribution is -2.55. The first-order valence-electron chi connectivity index (χ1n) is 8.92. The third kappa shape index (κ3) is 4.35. The van der Waals surface area contributed by atoms with E-state index in [0.717, 1.165) is 11.1 Å². The summed E-state index contributed by atoms with van der Waals surface area (Å²) >= 11 is 11.9. The van der Waals surface area contributed by atoms with Crippen LogP contribution in [0.15, 0.2) is 48.5 Å². The monoisotopic (exact) mass is 426 g/mol. The highest BCUT2D eigenvalue weighted by Crippen LogP contribution is 2.35. The van der Waals surface area contributed by atoms with Crippen molar-refractivity contribution < 1.29 is 29.2 Å². The molecule has 2 aliphatic rings. The normalized spacial score (nSPS) is 33.6. The van der Waals surface area contributed by atoms with E-state index >= 15 is 0 Å². The minimum atomic E-state index is -0.952. The average Bonchev–Trinajstić information content (AvgIpc) is 2.70. The lowest BCUT2D eigenvalue weighted by Gasteiger charge is -2.43. The molecule has 0 spiro atoms. The summed E-state index contributed by atoms with van der Waals surface area (Å²) in [7, 11) is 0. The molecule has 2 N–H and O–H groups in total. The molecule has 6 nitrogen and oxygen atoms in total. The molecule has 0 aromatic heterocycles. The first kappa shape index (κ1) is 20.1. The van der Waals surface area contributed by atoms with Crippen molar-refractivity contribution in [1.82, 2.24) is 0 Å². The second kappa shape index (κ2) is 8.65. The van der Waals surface area contributed by atoms with Crippen LogP contribution in [0.3, 0.4) is 0 Å². The SMILES string of the molecule is O[C@@H]1COC(c2ccc(Cl)cc2)O[C@@H]1[C@H]1OC(c2ccc(Cl)cc2)OC[C@@H]1O. The van der Waals surface area contributed by atoms with Gasteiger partial charge in [-0.05, 0) is 24.3 Å². The van der Waals surface area contributed by atoms with Crippen LogP contribution < -0.4 is 0 Å². The molecule has 0 aliphatic carbocycles. The van der Waals surface area contributed by atoms with Gasteiger partial charge in [-0.1, -0.05) is 47.5 Å². The van der Waals surface area contributed by atoms with E-state index in [0.29, 0.717) is 10.0 Å². The maximum atomic E-state index is 10.4. The molecule has 2 aliphatic heterocycles. The first-order valence-corrected chi connectivity index (χ1v) is 9.68. The van der Waals surface area contributed by atoms with Crippen LogP contribution in [-0.2, 0) is 18.9 Å². The number of rotatable bonds is 3. The van der Waals surface area contributed by atoms with E-state index in [1.165, 1.54) is 0 Å². The van der Waals surface area contributed by atoms with Crippen LogP contribution in [0.4, 0.5) is 0 Å². The Morgan fingerprint density at radius 2 is 1.00 bits per heavy atom. The summed E-state index contributed by atoms with van der Waals surface area (Å²) in [4.78, 5) is 0. The van der Waals surface area contributed by atoms with Gasteiger partial charge in [-0.2, -0.15) is 0 Å². The molecule has 6 atom stereocenters. The fourth-order valence-corrected chi connectivity index (χ4v) is 3.54. The molecule has 0 radical (unpaired) electrons. The zero-order chi connectivity index (χ0) is 19.7. The Bertz CT molecular complexity index is 717. The highest BCUT2D eigenvalue weighted by Gasteiger charge is 2.44. The van der Waals surface area contributed by atoms with E-state index in [2.05, 4.69) is 0 Å². The Labute approximate surface area is 172 Å². The molecule has 2 heterocycles. The van der Waals surface area contributed by atoms with Crippen molar-refractivity contribution in [3.8, 4) is 0 Å². The Morgan fingerprint density at radius 1 is 0.643 bits per heavy atom. The smallest absolute Gasteiger partial charge is 0.184 e. The van der Waals surface area contributed by atoms with Crippen LogP contribution in [0.1, 0.15) is 23.7 Å². The van der Waals surface area contributed by atoms with Crippen LogP contribution in [0.2, 0.25) is 10.0 Å². The molecule has 2 aromatic rings. The lowest BCUT2D eigenvalue weighted by atomic mass is 10.0. The quantitative estimate of drug-likeness (QED) is 0.784. The zero-order valence-corrected chi connectivity index (χ0v) is 16.3. The van der Waals surface area contributed by atoms with Gasteiger partial charge in [0.05, 0.1) is 13.2 Å². The number of halogens is 2. The average molecular weight is 427 g/mol. The predicted molar refractivity (Wildman–Crippen MR) is 102 cm³/mol. The Kier molecular flexibility index (Phi) is 6.20. The van der Waals surface area contributed by atoms with E-state index in [1.807, 2.05) is 0 Å². The van der Waals surface area contributed by atoms with Gasteiger partial charge in [-0.15, -0.1) is 0 Å². The summed E-state index contributed by atoms with van der Waals surface area (Å²) in [6.07, 6.45) is -4.87. The van der Waals surface area contributed by atoms with Crippen molar-refractivity contribution in [2.24, 2.45) is 0 Å².